The lowest BCUT2D eigenvalue weighted by Crippen LogP contribution is -2.17. The van der Waals surface area contributed by atoms with Crippen molar-refractivity contribution in [3.05, 3.63) is 58.8 Å². The highest BCUT2D eigenvalue weighted by atomic mass is 16.1. The summed E-state index contributed by atoms with van der Waals surface area (Å²) in [6.45, 7) is 3.34. The molecule has 4 heteroatoms. The molecular weight excluding hydrogens is 214 g/mol. The van der Waals surface area contributed by atoms with Gasteiger partial charge >= 0.3 is 0 Å². The van der Waals surface area contributed by atoms with Crippen molar-refractivity contribution >= 4 is 5.69 Å². The molecule has 0 aliphatic rings. The second-order valence-corrected chi connectivity index (χ2v) is 3.76. The first kappa shape index (κ1) is 11.4. The largest absolute Gasteiger partial charge is 0.380 e. The molecule has 2 aromatic heterocycles. The van der Waals surface area contributed by atoms with Crippen molar-refractivity contribution in [3.8, 4) is 0 Å². The Bertz CT molecular complexity index is 534. The van der Waals surface area contributed by atoms with Gasteiger partial charge in [-0.15, -0.1) is 0 Å². The minimum absolute atomic E-state index is 0.0272. The molecule has 0 amide bonds. The second kappa shape index (κ2) is 5.30. The molecule has 17 heavy (non-hydrogen) atoms. The van der Waals surface area contributed by atoms with E-state index in [1.165, 1.54) is 0 Å². The van der Waals surface area contributed by atoms with E-state index >= 15 is 0 Å². The molecule has 0 radical (unpaired) electrons. The number of aromatic nitrogens is 2. The van der Waals surface area contributed by atoms with Crippen LogP contribution in [0.1, 0.15) is 12.5 Å². The maximum atomic E-state index is 11.4. The molecule has 0 atom stereocenters. The van der Waals surface area contributed by atoms with Crippen LogP contribution in [0, 0.1) is 0 Å². The second-order valence-electron chi connectivity index (χ2n) is 3.76. The van der Waals surface area contributed by atoms with E-state index in [0.717, 1.165) is 11.3 Å². The molecule has 0 saturated heterocycles. The van der Waals surface area contributed by atoms with Crippen LogP contribution < -0.4 is 10.9 Å². The minimum atomic E-state index is 0.0272. The first-order valence-electron chi connectivity index (χ1n) is 5.63. The summed E-state index contributed by atoms with van der Waals surface area (Å²) in [5, 5.41) is 3.26. The molecule has 0 spiro atoms. The monoisotopic (exact) mass is 229 g/mol. The molecule has 2 aromatic rings. The molecular formula is C13H15N3O. The number of rotatable bonds is 4. The van der Waals surface area contributed by atoms with Gasteiger partial charge in [0, 0.05) is 37.7 Å². The Morgan fingerprint density at radius 1 is 1.35 bits per heavy atom. The van der Waals surface area contributed by atoms with Crippen LogP contribution in [0.15, 0.2) is 47.7 Å². The third-order valence-corrected chi connectivity index (χ3v) is 2.54. The van der Waals surface area contributed by atoms with E-state index < -0.39 is 0 Å². The lowest BCUT2D eigenvalue weighted by Gasteiger charge is -2.08. The van der Waals surface area contributed by atoms with Crippen molar-refractivity contribution in [1.82, 2.24) is 9.55 Å². The Morgan fingerprint density at radius 2 is 2.24 bits per heavy atom. The zero-order chi connectivity index (χ0) is 12.1. The number of hydrogen-bond donors (Lipinski definition) is 1. The predicted octanol–water partition coefficient (Wildman–Crippen LogP) is 1.88. The smallest absolute Gasteiger partial charge is 0.250 e. The average molecular weight is 229 g/mol. The summed E-state index contributed by atoms with van der Waals surface area (Å²) in [6.07, 6.45) is 5.41. The maximum Gasteiger partial charge on any atom is 0.250 e. The molecule has 2 rings (SSSR count). The normalized spacial score (nSPS) is 10.2. The van der Waals surface area contributed by atoms with Gasteiger partial charge in [0.05, 0.1) is 5.69 Å². The summed E-state index contributed by atoms with van der Waals surface area (Å²) in [5.41, 5.74) is 2.08. The van der Waals surface area contributed by atoms with E-state index in [9.17, 15) is 4.79 Å². The Kier molecular flexibility index (Phi) is 3.55. The minimum Gasteiger partial charge on any atom is -0.380 e. The van der Waals surface area contributed by atoms with Gasteiger partial charge in [-0.3, -0.25) is 9.78 Å². The van der Waals surface area contributed by atoms with Gasteiger partial charge in [-0.1, -0.05) is 6.07 Å². The van der Waals surface area contributed by atoms with Crippen molar-refractivity contribution in [2.24, 2.45) is 0 Å². The number of pyridine rings is 2. The SMILES string of the molecule is CCn1cc(NCc2cccnc2)ccc1=O. The van der Waals surface area contributed by atoms with E-state index in [0.29, 0.717) is 13.1 Å². The van der Waals surface area contributed by atoms with Crippen molar-refractivity contribution in [2.75, 3.05) is 5.32 Å². The number of hydrogen-bond acceptors (Lipinski definition) is 3. The lowest BCUT2D eigenvalue weighted by atomic mass is 10.3. The number of nitrogens with one attached hydrogen (secondary N) is 1. The molecule has 0 aliphatic carbocycles. The van der Waals surface area contributed by atoms with Crippen LogP contribution in [0.4, 0.5) is 5.69 Å². The molecule has 0 aromatic carbocycles. The molecule has 4 nitrogen and oxygen atoms in total. The van der Waals surface area contributed by atoms with Gasteiger partial charge in [0.15, 0.2) is 0 Å². The van der Waals surface area contributed by atoms with E-state index in [-0.39, 0.29) is 5.56 Å². The third kappa shape index (κ3) is 2.93. The van der Waals surface area contributed by atoms with Crippen molar-refractivity contribution in [1.29, 1.82) is 0 Å². The van der Waals surface area contributed by atoms with E-state index in [1.807, 2.05) is 31.5 Å². The predicted molar refractivity (Wildman–Crippen MR) is 67.9 cm³/mol. The summed E-state index contributed by atoms with van der Waals surface area (Å²) < 4.78 is 1.67. The molecule has 2 heterocycles. The highest BCUT2D eigenvalue weighted by molar-refractivity contribution is 5.40. The molecule has 0 bridgehead atoms. The summed E-state index contributed by atoms with van der Waals surface area (Å²) in [5.74, 6) is 0. The first-order chi connectivity index (χ1) is 8.29. The quantitative estimate of drug-likeness (QED) is 0.870. The van der Waals surface area contributed by atoms with Crippen molar-refractivity contribution in [2.45, 2.75) is 20.0 Å². The summed E-state index contributed by atoms with van der Waals surface area (Å²) in [7, 11) is 0. The molecule has 1 N–H and O–H groups in total. The van der Waals surface area contributed by atoms with E-state index in [4.69, 9.17) is 0 Å². The van der Waals surface area contributed by atoms with Crippen LogP contribution in [0.5, 0.6) is 0 Å². The summed E-state index contributed by atoms with van der Waals surface area (Å²) >= 11 is 0. The van der Waals surface area contributed by atoms with Crippen LogP contribution in [0.3, 0.4) is 0 Å². The number of aryl methyl sites for hydroxylation is 1. The van der Waals surface area contributed by atoms with Crippen LogP contribution in [0.2, 0.25) is 0 Å². The van der Waals surface area contributed by atoms with Gasteiger partial charge in [-0.05, 0) is 24.6 Å². The average Bonchev–Trinajstić information content (AvgIpc) is 2.39. The van der Waals surface area contributed by atoms with Gasteiger partial charge in [0.2, 0.25) is 0 Å². The zero-order valence-electron chi connectivity index (χ0n) is 9.76. The first-order valence-corrected chi connectivity index (χ1v) is 5.63. The van der Waals surface area contributed by atoms with Crippen LogP contribution in [0.25, 0.3) is 0 Å². The van der Waals surface area contributed by atoms with Gasteiger partial charge < -0.3 is 9.88 Å². The highest BCUT2D eigenvalue weighted by Gasteiger charge is 1.97. The Morgan fingerprint density at radius 3 is 2.94 bits per heavy atom. The van der Waals surface area contributed by atoms with Gasteiger partial charge in [-0.2, -0.15) is 0 Å². The van der Waals surface area contributed by atoms with Gasteiger partial charge in [-0.25, -0.2) is 0 Å². The van der Waals surface area contributed by atoms with Gasteiger partial charge in [0.25, 0.3) is 5.56 Å². The molecule has 0 unspecified atom stereocenters. The van der Waals surface area contributed by atoms with Crippen molar-refractivity contribution in [3.63, 3.8) is 0 Å². The molecule has 88 valence electrons. The third-order valence-electron chi connectivity index (χ3n) is 2.54. The van der Waals surface area contributed by atoms with Crippen molar-refractivity contribution < 1.29 is 0 Å². The fraction of sp³-hybridized carbons (Fsp3) is 0.231. The summed E-state index contributed by atoms with van der Waals surface area (Å²) in [6, 6.07) is 7.29. The zero-order valence-corrected chi connectivity index (χ0v) is 9.76. The summed E-state index contributed by atoms with van der Waals surface area (Å²) in [4.78, 5) is 15.5. The lowest BCUT2D eigenvalue weighted by molar-refractivity contribution is 0.727. The highest BCUT2D eigenvalue weighted by Crippen LogP contribution is 2.06. The Labute approximate surface area is 99.9 Å². The Hall–Kier alpha value is -2.10. The maximum absolute atomic E-state index is 11.4. The molecule has 0 aliphatic heterocycles. The topological polar surface area (TPSA) is 46.9 Å². The fourth-order valence-corrected chi connectivity index (χ4v) is 1.59. The molecule has 0 fully saturated rings. The van der Waals surface area contributed by atoms with Crippen LogP contribution in [-0.2, 0) is 13.1 Å². The fourth-order valence-electron chi connectivity index (χ4n) is 1.59. The van der Waals surface area contributed by atoms with E-state index in [1.54, 1.807) is 22.9 Å². The van der Waals surface area contributed by atoms with Gasteiger partial charge in [0.1, 0.15) is 0 Å². The Balaban J connectivity index is 2.07. The molecule has 0 saturated carbocycles. The number of nitrogens with zero attached hydrogens (tertiary/aromatic N) is 2. The van der Waals surface area contributed by atoms with E-state index in [2.05, 4.69) is 10.3 Å². The van der Waals surface area contributed by atoms with Crippen LogP contribution >= 0.6 is 0 Å². The standard InChI is InChI=1S/C13H15N3O/c1-2-16-10-12(5-6-13(16)17)15-9-11-4-3-7-14-8-11/h3-8,10,15H,2,9H2,1H3. The number of anilines is 1. The van der Waals surface area contributed by atoms with Crippen LogP contribution in [-0.4, -0.2) is 9.55 Å².